The third kappa shape index (κ3) is 4.98. The van der Waals surface area contributed by atoms with Gasteiger partial charge in [0.2, 0.25) is 15.9 Å². The second kappa shape index (κ2) is 9.86. The summed E-state index contributed by atoms with van der Waals surface area (Å²) in [7, 11) is -3.68. The first kappa shape index (κ1) is 23.2. The molecule has 0 unspecified atom stereocenters. The second-order valence-corrected chi connectivity index (χ2v) is 11.9. The Hall–Kier alpha value is -2.01. The van der Waals surface area contributed by atoms with E-state index in [1.807, 2.05) is 22.4 Å². The fourth-order valence-electron chi connectivity index (χ4n) is 4.13. The molecular formula is C22H27N3O4S3. The average Bonchev–Trinajstić information content (AvgIpc) is 3.54. The van der Waals surface area contributed by atoms with Crippen LogP contribution in [0.25, 0.3) is 0 Å². The number of amides is 1. The van der Waals surface area contributed by atoms with Gasteiger partial charge in [-0.25, -0.2) is 8.42 Å². The summed E-state index contributed by atoms with van der Waals surface area (Å²) in [4.78, 5) is 17.9. The molecular weight excluding hydrogens is 466 g/mol. The van der Waals surface area contributed by atoms with E-state index in [-0.39, 0.29) is 16.7 Å². The molecule has 4 rings (SSSR count). The number of hydrogen-bond donors (Lipinski definition) is 0. The Labute approximate surface area is 196 Å². The fourth-order valence-corrected chi connectivity index (χ4v) is 7.31. The van der Waals surface area contributed by atoms with Gasteiger partial charge in [-0.15, -0.1) is 22.7 Å². The minimum absolute atomic E-state index is 0.115. The van der Waals surface area contributed by atoms with Crippen molar-refractivity contribution in [2.75, 3.05) is 19.6 Å². The third-order valence-electron chi connectivity index (χ3n) is 5.82. The van der Waals surface area contributed by atoms with E-state index in [1.165, 1.54) is 9.18 Å². The number of nitrogens with zero attached hydrogens (tertiary/aromatic N) is 3. The van der Waals surface area contributed by atoms with Crippen LogP contribution in [-0.4, -0.2) is 48.3 Å². The Balaban J connectivity index is 1.42. The van der Waals surface area contributed by atoms with Crippen molar-refractivity contribution >= 4 is 38.6 Å². The van der Waals surface area contributed by atoms with E-state index in [9.17, 15) is 13.2 Å². The van der Waals surface area contributed by atoms with Crippen LogP contribution in [0.15, 0.2) is 44.4 Å². The highest BCUT2D eigenvalue weighted by Gasteiger charge is 2.36. The van der Waals surface area contributed by atoms with E-state index in [2.05, 4.69) is 22.7 Å². The lowest BCUT2D eigenvalue weighted by Crippen LogP contribution is -2.44. The molecule has 0 aliphatic carbocycles. The van der Waals surface area contributed by atoms with Crippen LogP contribution in [0.3, 0.4) is 0 Å². The van der Waals surface area contributed by atoms with Crippen LogP contribution in [0, 0.1) is 19.8 Å². The molecule has 172 valence electrons. The van der Waals surface area contributed by atoms with Crippen molar-refractivity contribution < 1.29 is 17.7 Å². The van der Waals surface area contributed by atoms with Crippen molar-refractivity contribution in [1.82, 2.24) is 14.4 Å². The third-order valence-corrected chi connectivity index (χ3v) is 9.76. The predicted octanol–water partition coefficient (Wildman–Crippen LogP) is 4.09. The maximum atomic E-state index is 13.4. The maximum absolute atomic E-state index is 13.4. The smallest absolute Gasteiger partial charge is 0.248 e. The molecule has 0 aromatic carbocycles. The Kier molecular flexibility index (Phi) is 7.14. The lowest BCUT2D eigenvalue weighted by atomic mass is 9.96. The van der Waals surface area contributed by atoms with Crippen LogP contribution >= 0.6 is 22.7 Å². The van der Waals surface area contributed by atoms with Gasteiger partial charge in [0.05, 0.1) is 6.54 Å². The van der Waals surface area contributed by atoms with E-state index < -0.39 is 10.0 Å². The van der Waals surface area contributed by atoms with Gasteiger partial charge in [0, 0.05) is 35.3 Å². The molecule has 1 saturated heterocycles. The molecule has 1 aliphatic heterocycles. The summed E-state index contributed by atoms with van der Waals surface area (Å²) in [5, 5.41) is 7.86. The summed E-state index contributed by atoms with van der Waals surface area (Å²) in [6, 6.07) is 8.17. The summed E-state index contributed by atoms with van der Waals surface area (Å²) in [6.07, 6.45) is 1.86. The highest BCUT2D eigenvalue weighted by molar-refractivity contribution is 7.89. The molecule has 0 atom stereocenters. The SMILES string of the molecule is Cc1noc(C)c1S(=O)(=O)N1CCC(C(=O)N(CCc2cccs2)Cc2cccs2)CC1. The van der Waals surface area contributed by atoms with Crippen LogP contribution in [0.5, 0.6) is 0 Å². The van der Waals surface area contributed by atoms with Gasteiger partial charge in [-0.2, -0.15) is 4.31 Å². The molecule has 1 fully saturated rings. The van der Waals surface area contributed by atoms with Crippen LogP contribution in [-0.2, 0) is 27.8 Å². The van der Waals surface area contributed by atoms with E-state index in [1.54, 1.807) is 36.5 Å². The number of aryl methyl sites for hydroxylation is 2. The minimum atomic E-state index is -3.68. The van der Waals surface area contributed by atoms with E-state index >= 15 is 0 Å². The standard InChI is InChI=1S/C22H27N3O4S3/c1-16-21(17(2)29-23-16)32(27,28)25-11-7-18(8-12-25)22(26)24(15-20-6-4-14-31-20)10-9-19-5-3-13-30-19/h3-6,13-14,18H,7-12,15H2,1-2H3. The highest BCUT2D eigenvalue weighted by Crippen LogP contribution is 2.29. The summed E-state index contributed by atoms with van der Waals surface area (Å²) < 4.78 is 32.7. The number of hydrogen-bond acceptors (Lipinski definition) is 7. The zero-order valence-corrected chi connectivity index (χ0v) is 20.6. The number of carbonyl (C=O) groups excluding carboxylic acids is 1. The molecule has 10 heteroatoms. The van der Waals surface area contributed by atoms with Gasteiger partial charge in [-0.05, 0) is 56.0 Å². The van der Waals surface area contributed by atoms with Gasteiger partial charge >= 0.3 is 0 Å². The van der Waals surface area contributed by atoms with Gasteiger partial charge in [0.1, 0.15) is 10.6 Å². The van der Waals surface area contributed by atoms with E-state index in [4.69, 9.17) is 4.52 Å². The van der Waals surface area contributed by atoms with Gasteiger partial charge in [0.25, 0.3) is 0 Å². The normalized spacial score (nSPS) is 15.8. The molecule has 7 nitrogen and oxygen atoms in total. The van der Waals surface area contributed by atoms with Crippen molar-refractivity contribution in [3.05, 3.63) is 56.2 Å². The Morgan fingerprint density at radius 1 is 1.16 bits per heavy atom. The Bertz CT molecular complexity index is 1110. The Morgan fingerprint density at radius 2 is 1.81 bits per heavy atom. The number of rotatable bonds is 8. The van der Waals surface area contributed by atoms with Gasteiger partial charge in [-0.3, -0.25) is 4.79 Å². The zero-order chi connectivity index (χ0) is 22.7. The molecule has 0 saturated carbocycles. The lowest BCUT2D eigenvalue weighted by molar-refractivity contribution is -0.137. The summed E-state index contributed by atoms with van der Waals surface area (Å²) in [5.74, 6) is 0.246. The number of sulfonamides is 1. The first-order valence-electron chi connectivity index (χ1n) is 10.6. The van der Waals surface area contributed by atoms with Gasteiger partial charge in [0.15, 0.2) is 5.76 Å². The summed E-state index contributed by atoms with van der Waals surface area (Å²) >= 11 is 3.35. The monoisotopic (exact) mass is 493 g/mol. The van der Waals surface area contributed by atoms with Crippen molar-refractivity contribution in [2.45, 2.75) is 44.6 Å². The molecule has 1 amide bonds. The maximum Gasteiger partial charge on any atom is 0.248 e. The minimum Gasteiger partial charge on any atom is -0.360 e. The molecule has 0 radical (unpaired) electrons. The zero-order valence-electron chi connectivity index (χ0n) is 18.2. The van der Waals surface area contributed by atoms with Crippen LogP contribution < -0.4 is 0 Å². The molecule has 0 N–H and O–H groups in total. The highest BCUT2D eigenvalue weighted by atomic mass is 32.2. The average molecular weight is 494 g/mol. The molecule has 3 aromatic heterocycles. The summed E-state index contributed by atoms with van der Waals surface area (Å²) in [5.41, 5.74) is 0.372. The van der Waals surface area contributed by atoms with Crippen LogP contribution in [0.1, 0.15) is 34.1 Å². The topological polar surface area (TPSA) is 83.7 Å². The van der Waals surface area contributed by atoms with Crippen molar-refractivity contribution in [1.29, 1.82) is 0 Å². The number of carbonyl (C=O) groups is 1. The first-order chi connectivity index (χ1) is 15.4. The van der Waals surface area contributed by atoms with Crippen LogP contribution in [0.2, 0.25) is 0 Å². The first-order valence-corrected chi connectivity index (χ1v) is 13.8. The largest absolute Gasteiger partial charge is 0.360 e. The Morgan fingerprint density at radius 3 is 2.38 bits per heavy atom. The molecule has 32 heavy (non-hydrogen) atoms. The molecule has 0 spiro atoms. The van der Waals surface area contributed by atoms with E-state index in [0.717, 1.165) is 11.3 Å². The van der Waals surface area contributed by atoms with Crippen LogP contribution in [0.4, 0.5) is 0 Å². The molecule has 0 bridgehead atoms. The summed E-state index contributed by atoms with van der Waals surface area (Å²) in [6.45, 7) is 5.14. The van der Waals surface area contributed by atoms with Crippen molar-refractivity contribution in [3.63, 3.8) is 0 Å². The van der Waals surface area contributed by atoms with Gasteiger partial charge in [-0.1, -0.05) is 17.3 Å². The molecule has 3 aromatic rings. The quantitative estimate of drug-likeness (QED) is 0.472. The van der Waals surface area contributed by atoms with E-state index in [0.29, 0.717) is 50.5 Å². The predicted molar refractivity (Wildman–Crippen MR) is 125 cm³/mol. The molecule has 1 aliphatic rings. The second-order valence-electron chi connectivity index (χ2n) is 8.00. The molecule has 4 heterocycles. The van der Waals surface area contributed by atoms with Crippen molar-refractivity contribution in [3.8, 4) is 0 Å². The number of piperidine rings is 1. The fraction of sp³-hybridized carbons (Fsp3) is 0.455. The van der Waals surface area contributed by atoms with Crippen molar-refractivity contribution in [2.24, 2.45) is 5.92 Å². The number of aromatic nitrogens is 1. The lowest BCUT2D eigenvalue weighted by Gasteiger charge is -2.33. The number of thiophene rings is 2. The van der Waals surface area contributed by atoms with Gasteiger partial charge < -0.3 is 9.42 Å².